The zero-order chi connectivity index (χ0) is 16.6. The Morgan fingerprint density at radius 3 is 2.78 bits per heavy atom. The van der Waals surface area contributed by atoms with Gasteiger partial charge in [-0.2, -0.15) is 0 Å². The molecule has 0 radical (unpaired) electrons. The Kier molecular flexibility index (Phi) is 4.50. The maximum Gasteiger partial charge on any atom is 0.325 e. The second-order valence-corrected chi connectivity index (χ2v) is 7.21. The Morgan fingerprint density at radius 1 is 1.35 bits per heavy atom. The van der Waals surface area contributed by atoms with Gasteiger partial charge in [0.2, 0.25) is 0 Å². The summed E-state index contributed by atoms with van der Waals surface area (Å²) < 4.78 is 6.21. The molecule has 124 valence electrons. The number of rotatable bonds is 4. The summed E-state index contributed by atoms with van der Waals surface area (Å²) in [7, 11) is 5.16. The average Bonchev–Trinajstić information content (AvgIpc) is 2.88. The van der Waals surface area contributed by atoms with Crippen LogP contribution in [0.15, 0.2) is 4.79 Å². The number of aromatic nitrogens is 2. The first-order chi connectivity index (χ1) is 11.0. The van der Waals surface area contributed by atoms with Crippen molar-refractivity contribution in [2.75, 3.05) is 21.2 Å². The number of hydrogen-bond donors (Lipinski definition) is 0. The molecule has 0 fully saturated rings. The van der Waals surface area contributed by atoms with Crippen molar-refractivity contribution < 1.29 is 9.53 Å². The molecule has 0 amide bonds. The van der Waals surface area contributed by atoms with E-state index in [1.165, 1.54) is 23.0 Å². The Balaban J connectivity index is 2.21. The molecule has 2 heterocycles. The molecule has 1 aliphatic rings. The molecule has 1 aliphatic carbocycles. The van der Waals surface area contributed by atoms with Gasteiger partial charge in [0, 0.05) is 4.88 Å². The molecule has 0 saturated carbocycles. The fraction of sp³-hybridized carbons (Fsp3) is 0.562. The summed E-state index contributed by atoms with van der Waals surface area (Å²) in [6.45, 7) is 0.413. The molecular weight excluding hydrogens is 314 g/mol. The van der Waals surface area contributed by atoms with Crippen LogP contribution >= 0.6 is 11.3 Å². The van der Waals surface area contributed by atoms with Gasteiger partial charge in [0.1, 0.15) is 17.2 Å². The number of nitrogens with zero attached hydrogens (tertiary/aromatic N) is 3. The van der Waals surface area contributed by atoms with E-state index in [1.807, 2.05) is 19.0 Å². The smallest absolute Gasteiger partial charge is 0.325 e. The van der Waals surface area contributed by atoms with Crippen LogP contribution in [0.5, 0.6) is 0 Å². The number of fused-ring (bicyclic) bond motifs is 3. The van der Waals surface area contributed by atoms with Crippen LogP contribution in [-0.4, -0.2) is 41.6 Å². The topological polar surface area (TPSA) is 64.4 Å². The monoisotopic (exact) mass is 335 g/mol. The molecule has 0 bridgehead atoms. The maximum atomic E-state index is 13.0. The van der Waals surface area contributed by atoms with Gasteiger partial charge >= 0.3 is 5.97 Å². The lowest BCUT2D eigenvalue weighted by Gasteiger charge is -2.15. The first-order valence-electron chi connectivity index (χ1n) is 7.76. The van der Waals surface area contributed by atoms with Gasteiger partial charge in [-0.25, -0.2) is 4.98 Å². The van der Waals surface area contributed by atoms with Crippen molar-refractivity contribution in [3.63, 3.8) is 0 Å². The Hall–Kier alpha value is -1.73. The van der Waals surface area contributed by atoms with Gasteiger partial charge in [0.25, 0.3) is 5.56 Å². The third kappa shape index (κ3) is 3.03. The largest absolute Gasteiger partial charge is 0.468 e. The second kappa shape index (κ2) is 6.41. The van der Waals surface area contributed by atoms with E-state index in [9.17, 15) is 9.59 Å². The highest BCUT2D eigenvalue weighted by Crippen LogP contribution is 2.33. The van der Waals surface area contributed by atoms with Gasteiger partial charge in [-0.1, -0.05) is 0 Å². The molecule has 2 aromatic rings. The number of hydrogen-bond acceptors (Lipinski definition) is 6. The fourth-order valence-corrected chi connectivity index (χ4v) is 4.31. The van der Waals surface area contributed by atoms with Crippen molar-refractivity contribution in [1.82, 2.24) is 14.5 Å². The van der Waals surface area contributed by atoms with E-state index >= 15 is 0 Å². The maximum absolute atomic E-state index is 13.0. The van der Waals surface area contributed by atoms with Crippen LogP contribution in [0.25, 0.3) is 10.2 Å². The van der Waals surface area contributed by atoms with Gasteiger partial charge in [-0.15, -0.1) is 11.3 Å². The lowest BCUT2D eigenvalue weighted by molar-refractivity contribution is -0.141. The number of ether oxygens (including phenoxy) is 1. The Labute approximate surface area is 138 Å². The minimum absolute atomic E-state index is 0.0912. The normalized spacial score (nSPS) is 14.3. The third-order valence-corrected chi connectivity index (χ3v) is 5.31. The Morgan fingerprint density at radius 2 is 2.09 bits per heavy atom. The van der Waals surface area contributed by atoms with Crippen LogP contribution in [0.1, 0.15) is 29.1 Å². The predicted molar refractivity (Wildman–Crippen MR) is 89.9 cm³/mol. The molecular formula is C16H21N3O3S. The standard InChI is InChI=1S/C16H21N3O3S/c1-18(2)8-12-17-15-14(10-6-4-5-7-11(10)23-15)16(21)19(12)9-13(20)22-3/h4-9H2,1-3H3. The van der Waals surface area contributed by atoms with E-state index in [0.29, 0.717) is 17.8 Å². The minimum atomic E-state index is -0.433. The van der Waals surface area contributed by atoms with Crippen molar-refractivity contribution >= 4 is 27.5 Å². The number of esters is 1. The van der Waals surface area contributed by atoms with Crippen molar-refractivity contribution in [3.05, 3.63) is 26.6 Å². The molecule has 0 aromatic carbocycles. The van der Waals surface area contributed by atoms with Crippen LogP contribution in [0.2, 0.25) is 0 Å². The number of carbonyl (C=O) groups excluding carboxylic acids is 1. The van der Waals surface area contributed by atoms with E-state index in [0.717, 1.165) is 29.7 Å². The van der Waals surface area contributed by atoms with E-state index in [1.54, 1.807) is 11.3 Å². The van der Waals surface area contributed by atoms with Crippen LogP contribution < -0.4 is 5.56 Å². The molecule has 0 N–H and O–H groups in total. The van der Waals surface area contributed by atoms with Gasteiger partial charge in [0.05, 0.1) is 19.0 Å². The number of thiophene rings is 1. The highest BCUT2D eigenvalue weighted by atomic mass is 32.1. The van der Waals surface area contributed by atoms with E-state index in [2.05, 4.69) is 0 Å². The lowest BCUT2D eigenvalue weighted by Crippen LogP contribution is -2.31. The quantitative estimate of drug-likeness (QED) is 0.794. The van der Waals surface area contributed by atoms with E-state index in [-0.39, 0.29) is 12.1 Å². The summed E-state index contributed by atoms with van der Waals surface area (Å²) in [5.74, 6) is 0.175. The van der Waals surface area contributed by atoms with Gasteiger partial charge in [0.15, 0.2) is 0 Å². The third-order valence-electron chi connectivity index (χ3n) is 4.13. The number of aryl methyl sites for hydroxylation is 2. The highest BCUT2D eigenvalue weighted by Gasteiger charge is 2.23. The zero-order valence-electron chi connectivity index (χ0n) is 13.7. The first kappa shape index (κ1) is 16.1. The molecule has 23 heavy (non-hydrogen) atoms. The molecule has 0 aliphatic heterocycles. The highest BCUT2D eigenvalue weighted by molar-refractivity contribution is 7.18. The summed E-state index contributed by atoms with van der Waals surface area (Å²) in [6, 6.07) is 0. The second-order valence-electron chi connectivity index (χ2n) is 6.12. The summed E-state index contributed by atoms with van der Waals surface area (Å²) in [4.78, 5) is 33.5. The zero-order valence-corrected chi connectivity index (χ0v) is 14.5. The van der Waals surface area contributed by atoms with Crippen LogP contribution in [0.3, 0.4) is 0 Å². The summed E-state index contributed by atoms with van der Waals surface area (Å²) >= 11 is 1.63. The van der Waals surface area contributed by atoms with Crippen molar-refractivity contribution in [2.45, 2.75) is 38.8 Å². The van der Waals surface area contributed by atoms with Crippen LogP contribution in [0.4, 0.5) is 0 Å². The lowest BCUT2D eigenvalue weighted by atomic mass is 9.97. The molecule has 2 aromatic heterocycles. The van der Waals surface area contributed by atoms with Crippen LogP contribution in [0, 0.1) is 0 Å². The summed E-state index contributed by atoms with van der Waals surface area (Å²) in [6.07, 6.45) is 4.22. The molecule has 0 atom stereocenters. The average molecular weight is 335 g/mol. The first-order valence-corrected chi connectivity index (χ1v) is 8.58. The van der Waals surface area contributed by atoms with Crippen molar-refractivity contribution in [1.29, 1.82) is 0 Å². The SMILES string of the molecule is COC(=O)Cn1c(CN(C)C)nc2sc3c(c2c1=O)CCCC3. The van der Waals surface area contributed by atoms with Crippen LogP contribution in [-0.2, 0) is 35.5 Å². The number of carbonyl (C=O) groups is 1. The summed E-state index contributed by atoms with van der Waals surface area (Å²) in [5, 5.41) is 0.705. The Bertz CT molecular complexity index is 807. The summed E-state index contributed by atoms with van der Waals surface area (Å²) in [5.41, 5.74) is 1.03. The fourth-order valence-electron chi connectivity index (χ4n) is 3.04. The van der Waals surface area contributed by atoms with E-state index in [4.69, 9.17) is 9.72 Å². The van der Waals surface area contributed by atoms with Gasteiger partial charge in [-0.05, 0) is 45.3 Å². The van der Waals surface area contributed by atoms with Gasteiger partial charge in [-0.3, -0.25) is 14.2 Å². The molecule has 0 saturated heterocycles. The molecule has 6 nitrogen and oxygen atoms in total. The van der Waals surface area contributed by atoms with Crippen molar-refractivity contribution in [2.24, 2.45) is 0 Å². The predicted octanol–water partition coefficient (Wildman–Crippen LogP) is 1.57. The molecule has 0 spiro atoms. The number of methoxy groups -OCH3 is 1. The molecule has 7 heteroatoms. The van der Waals surface area contributed by atoms with Crippen molar-refractivity contribution in [3.8, 4) is 0 Å². The molecule has 0 unspecified atom stereocenters. The minimum Gasteiger partial charge on any atom is -0.468 e. The molecule has 3 rings (SSSR count). The van der Waals surface area contributed by atoms with Gasteiger partial charge < -0.3 is 9.64 Å². The van der Waals surface area contributed by atoms with E-state index < -0.39 is 5.97 Å².